The van der Waals surface area contributed by atoms with E-state index in [-0.39, 0.29) is 0 Å². The highest BCUT2D eigenvalue weighted by molar-refractivity contribution is 5.91. The van der Waals surface area contributed by atoms with Gasteiger partial charge >= 0.3 is 0 Å². The molecule has 0 fully saturated rings. The first-order chi connectivity index (χ1) is 8.84. The molecule has 0 bridgehead atoms. The number of aryl methyl sites for hydroxylation is 1. The smallest absolute Gasteiger partial charge is 0.0661 e. The van der Waals surface area contributed by atoms with Crippen LogP contribution in [0.2, 0.25) is 0 Å². The molecule has 1 heteroatoms. The van der Waals surface area contributed by atoms with E-state index < -0.39 is 0 Å². The quantitative estimate of drug-likeness (QED) is 0.689. The van der Waals surface area contributed by atoms with Crippen LogP contribution in [0.15, 0.2) is 59.6 Å². The van der Waals surface area contributed by atoms with Crippen LogP contribution in [0.4, 0.5) is 5.69 Å². The second-order valence-corrected chi connectivity index (χ2v) is 4.88. The number of rotatable bonds is 1. The first-order valence-corrected chi connectivity index (χ1v) is 6.52. The third-order valence-corrected chi connectivity index (χ3v) is 3.70. The predicted octanol–water partition coefficient (Wildman–Crippen LogP) is 4.51. The summed E-state index contributed by atoms with van der Waals surface area (Å²) in [6, 6.07) is 19.2. The first-order valence-electron chi connectivity index (χ1n) is 6.52. The van der Waals surface area contributed by atoms with Crippen LogP contribution in [0, 0.1) is 0 Å². The van der Waals surface area contributed by atoms with Crippen molar-refractivity contribution in [1.82, 2.24) is 0 Å². The molecule has 0 N–H and O–H groups in total. The van der Waals surface area contributed by atoms with Crippen molar-refractivity contribution in [2.45, 2.75) is 25.7 Å². The first kappa shape index (κ1) is 11.2. The predicted molar refractivity (Wildman–Crippen MR) is 76.7 cm³/mol. The van der Waals surface area contributed by atoms with Gasteiger partial charge in [-0.15, -0.1) is 0 Å². The minimum absolute atomic E-state index is 0.457. The lowest BCUT2D eigenvalue weighted by molar-refractivity contribution is 0.773. The Labute approximate surface area is 108 Å². The molecule has 0 saturated carbocycles. The van der Waals surface area contributed by atoms with E-state index in [1.807, 2.05) is 0 Å². The van der Waals surface area contributed by atoms with E-state index in [0.29, 0.717) is 5.92 Å². The van der Waals surface area contributed by atoms with Gasteiger partial charge in [-0.25, -0.2) is 0 Å². The second kappa shape index (κ2) is 4.77. The summed E-state index contributed by atoms with van der Waals surface area (Å²) in [5.74, 6) is 0.457. The molecular formula is C17H17N. The molecule has 0 amide bonds. The van der Waals surface area contributed by atoms with Gasteiger partial charge in [0.2, 0.25) is 0 Å². The molecule has 1 aliphatic rings. The molecule has 1 heterocycles. The lowest BCUT2D eigenvalue weighted by atomic mass is 9.90. The zero-order valence-electron chi connectivity index (χ0n) is 10.6. The molecule has 1 nitrogen and oxygen atoms in total. The van der Waals surface area contributed by atoms with Crippen molar-refractivity contribution in [2.75, 3.05) is 0 Å². The number of benzene rings is 2. The van der Waals surface area contributed by atoms with E-state index in [2.05, 4.69) is 61.5 Å². The van der Waals surface area contributed by atoms with Gasteiger partial charge < -0.3 is 0 Å². The monoisotopic (exact) mass is 235 g/mol. The number of nitrogens with zero attached hydrogens (tertiary/aromatic N) is 1. The van der Waals surface area contributed by atoms with Gasteiger partial charge in [0.25, 0.3) is 0 Å². The Morgan fingerprint density at radius 2 is 1.67 bits per heavy atom. The van der Waals surface area contributed by atoms with Crippen LogP contribution in [0.25, 0.3) is 0 Å². The van der Waals surface area contributed by atoms with E-state index in [9.17, 15) is 0 Å². The van der Waals surface area contributed by atoms with Crippen molar-refractivity contribution in [2.24, 2.45) is 4.99 Å². The van der Waals surface area contributed by atoms with Crippen molar-refractivity contribution in [3.05, 3.63) is 65.7 Å². The van der Waals surface area contributed by atoms with E-state index >= 15 is 0 Å². The highest BCUT2D eigenvalue weighted by Crippen LogP contribution is 2.32. The van der Waals surface area contributed by atoms with Gasteiger partial charge in [0.1, 0.15) is 0 Å². The summed E-state index contributed by atoms with van der Waals surface area (Å²) in [6.07, 6.45) is 2.26. The van der Waals surface area contributed by atoms with Crippen LogP contribution >= 0.6 is 0 Å². The van der Waals surface area contributed by atoms with Crippen molar-refractivity contribution in [3.63, 3.8) is 0 Å². The van der Waals surface area contributed by atoms with Gasteiger partial charge in [-0.05, 0) is 37.0 Å². The summed E-state index contributed by atoms with van der Waals surface area (Å²) in [4.78, 5) is 4.81. The molecule has 0 aromatic heterocycles. The maximum atomic E-state index is 4.81. The van der Waals surface area contributed by atoms with Gasteiger partial charge in [0.05, 0.1) is 5.69 Å². The summed E-state index contributed by atoms with van der Waals surface area (Å²) in [6.45, 7) is 2.15. The van der Waals surface area contributed by atoms with E-state index in [1.54, 1.807) is 0 Å². The number of para-hydroxylation sites is 1. The van der Waals surface area contributed by atoms with Crippen molar-refractivity contribution >= 4 is 11.4 Å². The topological polar surface area (TPSA) is 12.4 Å². The Kier molecular flexibility index (Phi) is 2.97. The summed E-state index contributed by atoms with van der Waals surface area (Å²) in [5.41, 5.74) is 5.13. The fraction of sp³-hybridized carbons (Fsp3) is 0.235. The zero-order chi connectivity index (χ0) is 12.4. The zero-order valence-corrected chi connectivity index (χ0v) is 10.6. The Morgan fingerprint density at radius 1 is 0.944 bits per heavy atom. The van der Waals surface area contributed by atoms with Gasteiger partial charge in [-0.2, -0.15) is 0 Å². The Bertz CT molecular complexity index is 569. The molecule has 2 aromatic carbocycles. The third-order valence-electron chi connectivity index (χ3n) is 3.70. The Hall–Kier alpha value is -1.89. The summed E-state index contributed by atoms with van der Waals surface area (Å²) >= 11 is 0. The molecule has 1 unspecified atom stereocenters. The lowest BCUT2D eigenvalue weighted by Gasteiger charge is -2.14. The summed E-state index contributed by atoms with van der Waals surface area (Å²) in [5, 5.41) is 0. The van der Waals surface area contributed by atoms with Gasteiger partial charge in [-0.3, -0.25) is 4.99 Å². The molecule has 0 spiro atoms. The van der Waals surface area contributed by atoms with Crippen LogP contribution < -0.4 is 0 Å². The van der Waals surface area contributed by atoms with Crippen LogP contribution in [0.3, 0.4) is 0 Å². The van der Waals surface area contributed by atoms with Gasteiger partial charge in [0.15, 0.2) is 0 Å². The molecular weight excluding hydrogens is 218 g/mol. The minimum atomic E-state index is 0.457. The van der Waals surface area contributed by atoms with Gasteiger partial charge in [0, 0.05) is 11.6 Å². The standard InChI is InChI=1S/C17H17N/c1-13-16(14-7-3-2-4-8-14)12-11-15-9-5-6-10-17(15)18-13/h2-10,16H,11-12H2,1H3. The summed E-state index contributed by atoms with van der Waals surface area (Å²) in [7, 11) is 0. The van der Waals surface area contributed by atoms with Crippen molar-refractivity contribution < 1.29 is 0 Å². The highest BCUT2D eigenvalue weighted by atomic mass is 14.8. The average Bonchev–Trinajstić information content (AvgIpc) is 2.58. The Balaban J connectivity index is 1.99. The SMILES string of the molecule is CC1=Nc2ccccc2CCC1c1ccccc1. The fourth-order valence-corrected chi connectivity index (χ4v) is 2.70. The van der Waals surface area contributed by atoms with Crippen molar-refractivity contribution in [3.8, 4) is 0 Å². The molecule has 0 saturated heterocycles. The lowest BCUT2D eigenvalue weighted by Crippen LogP contribution is -2.08. The van der Waals surface area contributed by atoms with Crippen LogP contribution in [0.5, 0.6) is 0 Å². The van der Waals surface area contributed by atoms with Gasteiger partial charge in [-0.1, -0.05) is 48.5 Å². The molecule has 1 atom stereocenters. The molecule has 3 rings (SSSR count). The molecule has 90 valence electrons. The normalized spacial score (nSPS) is 18.7. The van der Waals surface area contributed by atoms with Crippen molar-refractivity contribution in [1.29, 1.82) is 0 Å². The largest absolute Gasteiger partial charge is 0.257 e. The summed E-state index contributed by atoms with van der Waals surface area (Å²) < 4.78 is 0. The highest BCUT2D eigenvalue weighted by Gasteiger charge is 2.18. The van der Waals surface area contributed by atoms with Crippen LogP contribution in [-0.2, 0) is 6.42 Å². The number of fused-ring (bicyclic) bond motifs is 1. The second-order valence-electron chi connectivity index (χ2n) is 4.88. The maximum Gasteiger partial charge on any atom is 0.0661 e. The fourth-order valence-electron chi connectivity index (χ4n) is 2.70. The number of hydrogen-bond donors (Lipinski definition) is 0. The number of aliphatic imine (C=N–C) groups is 1. The van der Waals surface area contributed by atoms with E-state index in [0.717, 1.165) is 18.5 Å². The molecule has 1 aliphatic heterocycles. The van der Waals surface area contributed by atoms with E-state index in [1.165, 1.54) is 16.8 Å². The van der Waals surface area contributed by atoms with Crippen LogP contribution in [0.1, 0.15) is 30.4 Å². The van der Waals surface area contributed by atoms with E-state index in [4.69, 9.17) is 4.99 Å². The third kappa shape index (κ3) is 2.08. The molecule has 0 aliphatic carbocycles. The Morgan fingerprint density at radius 3 is 2.50 bits per heavy atom. The molecule has 0 radical (unpaired) electrons. The number of hydrogen-bond acceptors (Lipinski definition) is 1. The minimum Gasteiger partial charge on any atom is -0.257 e. The average molecular weight is 235 g/mol. The maximum absolute atomic E-state index is 4.81. The molecule has 18 heavy (non-hydrogen) atoms. The molecule has 2 aromatic rings. The van der Waals surface area contributed by atoms with Crippen LogP contribution in [-0.4, -0.2) is 5.71 Å².